The molecule has 0 atom stereocenters. The first kappa shape index (κ1) is 22.6. The van der Waals surface area contributed by atoms with Crippen LogP contribution in [-0.2, 0) is 16.0 Å². The van der Waals surface area contributed by atoms with E-state index in [0.717, 1.165) is 64.8 Å². The summed E-state index contributed by atoms with van der Waals surface area (Å²) in [5, 5.41) is 8.87. The van der Waals surface area contributed by atoms with Gasteiger partial charge in [-0.05, 0) is 25.0 Å². The van der Waals surface area contributed by atoms with E-state index in [1.165, 1.54) is 16.7 Å². The zero-order valence-electron chi connectivity index (χ0n) is 19.1. The van der Waals surface area contributed by atoms with Crippen LogP contribution in [0.2, 0.25) is 0 Å². The molecule has 0 radical (unpaired) electrons. The third-order valence-corrected chi connectivity index (χ3v) is 5.83. The van der Waals surface area contributed by atoms with Gasteiger partial charge in [-0.25, -0.2) is 0 Å². The van der Waals surface area contributed by atoms with Gasteiger partial charge in [-0.2, -0.15) is 10.1 Å². The summed E-state index contributed by atoms with van der Waals surface area (Å²) < 4.78 is 16.9. The molecule has 0 saturated carbocycles. The van der Waals surface area contributed by atoms with Crippen molar-refractivity contribution in [3.05, 3.63) is 47.0 Å². The largest absolute Gasteiger partial charge is 0.476 e. The van der Waals surface area contributed by atoms with Crippen LogP contribution in [0.1, 0.15) is 16.7 Å². The molecule has 2 fully saturated rings. The average molecular weight is 440 g/mol. The van der Waals surface area contributed by atoms with Gasteiger partial charge in [0.15, 0.2) is 5.82 Å². The third-order valence-electron chi connectivity index (χ3n) is 5.83. The molecule has 8 nitrogen and oxygen atoms in total. The Hall–Kier alpha value is -2.55. The van der Waals surface area contributed by atoms with Gasteiger partial charge < -0.3 is 19.1 Å². The van der Waals surface area contributed by atoms with Gasteiger partial charge in [0.25, 0.3) is 0 Å². The molecule has 1 aromatic carbocycles. The van der Waals surface area contributed by atoms with E-state index in [9.17, 15) is 0 Å². The molecule has 0 N–H and O–H groups in total. The molecule has 32 heavy (non-hydrogen) atoms. The van der Waals surface area contributed by atoms with Crippen LogP contribution < -0.4 is 9.64 Å². The number of benzene rings is 1. The smallest absolute Gasteiger partial charge is 0.217 e. The van der Waals surface area contributed by atoms with Gasteiger partial charge in [0, 0.05) is 50.5 Å². The number of aromatic nitrogens is 1. The Morgan fingerprint density at radius 3 is 2.50 bits per heavy atom. The van der Waals surface area contributed by atoms with Crippen LogP contribution in [0.15, 0.2) is 40.6 Å². The fourth-order valence-electron chi connectivity index (χ4n) is 3.87. The molecule has 2 aromatic rings. The van der Waals surface area contributed by atoms with E-state index in [4.69, 9.17) is 14.2 Å². The number of anilines is 1. The monoisotopic (exact) mass is 439 g/mol. The first-order valence-corrected chi connectivity index (χ1v) is 11.4. The number of nitrogens with zero attached hydrogens (tertiary/aromatic N) is 5. The summed E-state index contributed by atoms with van der Waals surface area (Å²) >= 11 is 0. The van der Waals surface area contributed by atoms with Crippen LogP contribution >= 0.6 is 0 Å². The van der Waals surface area contributed by atoms with E-state index < -0.39 is 0 Å². The summed E-state index contributed by atoms with van der Waals surface area (Å²) in [7, 11) is 0. The lowest BCUT2D eigenvalue weighted by molar-refractivity contribution is 0.0320. The molecule has 2 aliphatic rings. The minimum absolute atomic E-state index is 0.532. The summed E-state index contributed by atoms with van der Waals surface area (Å²) in [6, 6.07) is 10.4. The molecule has 0 unspecified atom stereocenters. The highest BCUT2D eigenvalue weighted by Gasteiger charge is 2.15. The lowest BCUT2D eigenvalue weighted by Crippen LogP contribution is -2.38. The van der Waals surface area contributed by atoms with Crippen molar-refractivity contribution in [3.8, 4) is 5.88 Å². The Morgan fingerprint density at radius 1 is 0.969 bits per heavy atom. The van der Waals surface area contributed by atoms with E-state index in [-0.39, 0.29) is 0 Å². The number of rotatable bonds is 8. The molecule has 4 rings (SSSR count). The fraction of sp³-hybridized carbons (Fsp3) is 0.542. The SMILES string of the molecule is Cc1ccc(C)c(CN=Nc2cc(N3CCOCC3)cc(OCCN3CCOCC3)n2)c1. The number of azo groups is 1. The van der Waals surface area contributed by atoms with Gasteiger partial charge in [0.2, 0.25) is 5.88 Å². The van der Waals surface area contributed by atoms with Crippen molar-refractivity contribution in [2.24, 2.45) is 10.2 Å². The lowest BCUT2D eigenvalue weighted by Gasteiger charge is -2.29. The van der Waals surface area contributed by atoms with Crippen molar-refractivity contribution in [3.63, 3.8) is 0 Å². The molecular formula is C24H33N5O3. The van der Waals surface area contributed by atoms with Crippen LogP contribution in [0.3, 0.4) is 0 Å². The van der Waals surface area contributed by atoms with E-state index in [1.807, 2.05) is 12.1 Å². The molecule has 0 spiro atoms. The highest BCUT2D eigenvalue weighted by Crippen LogP contribution is 2.27. The van der Waals surface area contributed by atoms with Crippen LogP contribution in [0.5, 0.6) is 5.88 Å². The van der Waals surface area contributed by atoms with Crippen LogP contribution in [0.25, 0.3) is 0 Å². The molecule has 2 saturated heterocycles. The molecule has 0 amide bonds. The Kier molecular flexibility index (Phi) is 8.03. The van der Waals surface area contributed by atoms with Crippen LogP contribution in [0, 0.1) is 13.8 Å². The third kappa shape index (κ3) is 6.48. The fourth-order valence-corrected chi connectivity index (χ4v) is 3.87. The Morgan fingerprint density at radius 2 is 1.72 bits per heavy atom. The Bertz CT molecular complexity index is 909. The first-order chi connectivity index (χ1) is 15.7. The van der Waals surface area contributed by atoms with Crippen molar-refractivity contribution >= 4 is 11.5 Å². The van der Waals surface area contributed by atoms with Gasteiger partial charge >= 0.3 is 0 Å². The number of ether oxygens (including phenoxy) is 3. The highest BCUT2D eigenvalue weighted by atomic mass is 16.5. The average Bonchev–Trinajstić information content (AvgIpc) is 2.82. The van der Waals surface area contributed by atoms with E-state index in [0.29, 0.717) is 24.8 Å². The lowest BCUT2D eigenvalue weighted by atomic mass is 10.1. The number of morpholine rings is 2. The second-order valence-corrected chi connectivity index (χ2v) is 8.25. The van der Waals surface area contributed by atoms with Gasteiger partial charge in [0.05, 0.1) is 33.0 Å². The van der Waals surface area contributed by atoms with Crippen molar-refractivity contribution in [1.82, 2.24) is 9.88 Å². The van der Waals surface area contributed by atoms with Crippen LogP contribution in [-0.4, -0.2) is 75.6 Å². The number of aryl methyl sites for hydroxylation is 2. The molecule has 172 valence electrons. The maximum atomic E-state index is 6.03. The minimum Gasteiger partial charge on any atom is -0.476 e. The molecule has 0 bridgehead atoms. The summed E-state index contributed by atoms with van der Waals surface area (Å²) in [4.78, 5) is 9.23. The molecule has 2 aliphatic heterocycles. The van der Waals surface area contributed by atoms with E-state index in [1.54, 1.807) is 0 Å². The maximum Gasteiger partial charge on any atom is 0.217 e. The van der Waals surface area contributed by atoms with Gasteiger partial charge in [-0.3, -0.25) is 4.90 Å². The highest BCUT2D eigenvalue weighted by molar-refractivity contribution is 5.55. The van der Waals surface area contributed by atoms with E-state index >= 15 is 0 Å². The van der Waals surface area contributed by atoms with Crippen molar-refractivity contribution < 1.29 is 14.2 Å². The normalized spacial score (nSPS) is 17.8. The summed E-state index contributed by atoms with van der Waals surface area (Å²) in [6.45, 7) is 12.8. The zero-order valence-corrected chi connectivity index (χ0v) is 19.1. The van der Waals surface area contributed by atoms with Crippen molar-refractivity contribution in [2.45, 2.75) is 20.4 Å². The molecule has 0 aliphatic carbocycles. The Labute approximate surface area is 190 Å². The number of hydrogen-bond donors (Lipinski definition) is 0. The Balaban J connectivity index is 1.45. The first-order valence-electron chi connectivity index (χ1n) is 11.4. The van der Waals surface area contributed by atoms with Crippen molar-refractivity contribution in [1.29, 1.82) is 0 Å². The van der Waals surface area contributed by atoms with Crippen LogP contribution in [0.4, 0.5) is 11.5 Å². The minimum atomic E-state index is 0.532. The quantitative estimate of drug-likeness (QED) is 0.586. The second kappa shape index (κ2) is 11.4. The second-order valence-electron chi connectivity index (χ2n) is 8.25. The topological polar surface area (TPSA) is 71.8 Å². The molecule has 1 aromatic heterocycles. The summed E-state index contributed by atoms with van der Waals surface area (Å²) in [5.74, 6) is 1.16. The van der Waals surface area contributed by atoms with Crippen molar-refractivity contribution in [2.75, 3.05) is 70.7 Å². The standard InChI is InChI=1S/C24H33N5O3/c1-19-3-4-20(2)21(15-19)18-25-27-23-16-22(29-8-12-31-13-9-29)17-24(26-23)32-14-7-28-5-10-30-11-6-28/h3-4,15-17H,5-14,18H2,1-2H3. The van der Waals surface area contributed by atoms with E-state index in [2.05, 4.69) is 57.1 Å². The predicted molar refractivity (Wildman–Crippen MR) is 124 cm³/mol. The zero-order chi connectivity index (χ0) is 22.2. The maximum absolute atomic E-state index is 6.03. The molecule has 8 heteroatoms. The summed E-state index contributed by atoms with van der Waals surface area (Å²) in [5.41, 5.74) is 4.67. The predicted octanol–water partition coefficient (Wildman–Crippen LogP) is 3.53. The van der Waals surface area contributed by atoms with Gasteiger partial charge in [0.1, 0.15) is 6.61 Å². The van der Waals surface area contributed by atoms with Gasteiger partial charge in [-0.1, -0.05) is 23.8 Å². The number of pyridine rings is 1. The van der Waals surface area contributed by atoms with Gasteiger partial charge in [-0.15, -0.1) is 5.11 Å². The number of hydrogen-bond acceptors (Lipinski definition) is 8. The molecule has 3 heterocycles. The summed E-state index contributed by atoms with van der Waals surface area (Å²) in [6.07, 6.45) is 0. The molecular weight excluding hydrogens is 406 g/mol.